The number of aliphatic carboxylic acids is 2. The molecule has 0 radical (unpaired) electrons. The quantitative estimate of drug-likeness (QED) is 0.169. The van der Waals surface area contributed by atoms with Crippen molar-refractivity contribution in [3.8, 4) is 0 Å². The molecule has 186 valence electrons. The lowest BCUT2D eigenvalue weighted by atomic mass is 10.00. The van der Waals surface area contributed by atoms with Crippen molar-refractivity contribution in [3.05, 3.63) is 35.4 Å². The lowest BCUT2D eigenvalue weighted by molar-refractivity contribution is -0.139. The number of rotatable bonds is 15. The van der Waals surface area contributed by atoms with Crippen LogP contribution in [0.3, 0.4) is 0 Å². The van der Waals surface area contributed by atoms with Gasteiger partial charge in [0, 0.05) is 18.4 Å². The van der Waals surface area contributed by atoms with Crippen LogP contribution < -0.4 is 16.4 Å². The van der Waals surface area contributed by atoms with Crippen molar-refractivity contribution < 1.29 is 43.7 Å². The summed E-state index contributed by atoms with van der Waals surface area (Å²) in [4.78, 5) is 71.0. The Morgan fingerprint density at radius 1 is 1.03 bits per heavy atom. The molecule has 0 bridgehead atoms. The zero-order valence-corrected chi connectivity index (χ0v) is 18.7. The van der Waals surface area contributed by atoms with Gasteiger partial charge in [0.1, 0.15) is 25.2 Å². The third kappa shape index (κ3) is 9.77. The van der Waals surface area contributed by atoms with Gasteiger partial charge in [0.15, 0.2) is 5.78 Å². The molecule has 0 saturated heterocycles. The van der Waals surface area contributed by atoms with Crippen LogP contribution in [0, 0.1) is 0 Å². The molecule has 0 spiro atoms. The van der Waals surface area contributed by atoms with Crippen LogP contribution in [-0.4, -0.2) is 71.0 Å². The summed E-state index contributed by atoms with van der Waals surface area (Å²) in [6, 6.07) is 3.27. The minimum absolute atomic E-state index is 0.00736. The molecule has 12 nitrogen and oxygen atoms in total. The molecule has 1 aromatic rings. The Hall–Kier alpha value is -3.80. The number of nitrogens with two attached hydrogens (primary N) is 1. The largest absolute Gasteiger partial charge is 0.480 e. The predicted octanol–water partition coefficient (Wildman–Crippen LogP) is 0.0940. The first-order valence-corrected chi connectivity index (χ1v) is 10.6. The molecule has 12 heteroatoms. The molecule has 0 fully saturated rings. The Balaban J connectivity index is 2.89. The molecule has 2 atom stereocenters. The summed E-state index contributed by atoms with van der Waals surface area (Å²) in [6.45, 7) is 0.531. The van der Waals surface area contributed by atoms with Crippen molar-refractivity contribution >= 4 is 35.5 Å². The number of carbonyl (C=O) groups is 6. The number of carboxylic acids is 2. The van der Waals surface area contributed by atoms with E-state index in [-0.39, 0.29) is 36.2 Å². The normalized spacial score (nSPS) is 12.2. The molecule has 1 unspecified atom stereocenters. The van der Waals surface area contributed by atoms with E-state index in [1.807, 2.05) is 6.92 Å². The second kappa shape index (κ2) is 14.4. The number of esters is 1. The van der Waals surface area contributed by atoms with Gasteiger partial charge in [0.2, 0.25) is 11.8 Å². The number of unbranched alkanes of at least 4 members (excludes halogenated alkanes) is 1. The van der Waals surface area contributed by atoms with Gasteiger partial charge in [-0.3, -0.25) is 24.0 Å². The summed E-state index contributed by atoms with van der Waals surface area (Å²) in [6.07, 6.45) is 1.14. The fraction of sp³-hybridized carbons (Fsp3) is 0.455. The lowest BCUT2D eigenvalue weighted by Crippen LogP contribution is -2.50. The fourth-order valence-corrected chi connectivity index (χ4v) is 2.76. The first-order valence-electron chi connectivity index (χ1n) is 10.6. The average molecular weight is 479 g/mol. The minimum atomic E-state index is -1.46. The third-order valence-corrected chi connectivity index (χ3v) is 4.65. The monoisotopic (exact) mass is 479 g/mol. The van der Waals surface area contributed by atoms with E-state index in [0.29, 0.717) is 6.42 Å². The van der Waals surface area contributed by atoms with Crippen LogP contribution in [0.1, 0.15) is 59.7 Å². The van der Waals surface area contributed by atoms with E-state index in [1.54, 1.807) is 6.07 Å². The standard InChI is InChI=1S/C22H29N3O9/c1-2-3-8-17(26)13-6-4-5-7-14(13)22(33)34-12-16(20(30)24-11-19(28)29)25-18(27)10-9-15(23)21(31)32/h4-7,15-16H,2-3,8-12,23H2,1H3,(H,24,30)(H,25,27)(H,28,29)(H,31,32)/t15?,16-/m1/s1. The van der Waals surface area contributed by atoms with Crippen molar-refractivity contribution in [1.29, 1.82) is 0 Å². The van der Waals surface area contributed by atoms with E-state index in [2.05, 4.69) is 10.6 Å². The summed E-state index contributed by atoms with van der Waals surface area (Å²) in [7, 11) is 0. The van der Waals surface area contributed by atoms with E-state index < -0.39 is 55.0 Å². The van der Waals surface area contributed by atoms with Crippen molar-refractivity contribution in [1.82, 2.24) is 10.6 Å². The first-order chi connectivity index (χ1) is 16.1. The summed E-state index contributed by atoms with van der Waals surface area (Å²) in [5.74, 6) is -5.46. The Bertz CT molecular complexity index is 917. The van der Waals surface area contributed by atoms with Gasteiger partial charge in [0.25, 0.3) is 0 Å². The van der Waals surface area contributed by atoms with E-state index in [0.717, 1.165) is 6.42 Å². The second-order valence-electron chi connectivity index (χ2n) is 7.39. The van der Waals surface area contributed by atoms with E-state index in [4.69, 9.17) is 20.7 Å². The number of carbonyl (C=O) groups excluding carboxylic acids is 4. The van der Waals surface area contributed by atoms with Gasteiger partial charge < -0.3 is 31.3 Å². The molecule has 0 heterocycles. The van der Waals surface area contributed by atoms with Gasteiger partial charge in [-0.15, -0.1) is 0 Å². The van der Waals surface area contributed by atoms with Gasteiger partial charge >= 0.3 is 17.9 Å². The summed E-state index contributed by atoms with van der Waals surface area (Å²) in [5.41, 5.74) is 5.51. The Morgan fingerprint density at radius 2 is 1.68 bits per heavy atom. The average Bonchev–Trinajstić information content (AvgIpc) is 2.81. The van der Waals surface area contributed by atoms with Gasteiger partial charge in [-0.05, 0) is 18.9 Å². The molecule has 0 aliphatic carbocycles. The number of carboxylic acid groups (broad SMARTS) is 2. The van der Waals surface area contributed by atoms with Crippen LogP contribution in [0.2, 0.25) is 0 Å². The molecule has 6 N–H and O–H groups in total. The number of Topliss-reactive ketones (excluding diaryl/α,β-unsaturated/α-hetero) is 1. The molecule has 0 aliphatic rings. The smallest absolute Gasteiger partial charge is 0.338 e. The maximum atomic E-state index is 12.6. The summed E-state index contributed by atoms with van der Waals surface area (Å²) in [5, 5.41) is 21.9. The zero-order valence-electron chi connectivity index (χ0n) is 18.7. The highest BCUT2D eigenvalue weighted by molar-refractivity contribution is 6.06. The number of amides is 2. The van der Waals surface area contributed by atoms with Crippen molar-refractivity contribution in [3.63, 3.8) is 0 Å². The van der Waals surface area contributed by atoms with Crippen LogP contribution in [0.4, 0.5) is 0 Å². The molecular formula is C22H29N3O9. The van der Waals surface area contributed by atoms with Crippen molar-refractivity contribution in [2.45, 2.75) is 51.1 Å². The lowest BCUT2D eigenvalue weighted by Gasteiger charge is -2.19. The van der Waals surface area contributed by atoms with Gasteiger partial charge in [-0.1, -0.05) is 31.5 Å². The number of hydrogen-bond donors (Lipinski definition) is 5. The van der Waals surface area contributed by atoms with Gasteiger partial charge in [0.05, 0.1) is 5.56 Å². The van der Waals surface area contributed by atoms with Crippen LogP contribution >= 0.6 is 0 Å². The Labute approximate surface area is 195 Å². The maximum absolute atomic E-state index is 12.6. The molecule has 34 heavy (non-hydrogen) atoms. The van der Waals surface area contributed by atoms with E-state index in [1.165, 1.54) is 18.2 Å². The first kappa shape index (κ1) is 28.2. The van der Waals surface area contributed by atoms with Crippen molar-refractivity contribution in [2.24, 2.45) is 5.73 Å². The molecule has 0 aromatic heterocycles. The zero-order chi connectivity index (χ0) is 25.7. The fourth-order valence-electron chi connectivity index (χ4n) is 2.76. The number of ether oxygens (including phenoxy) is 1. The number of ketones is 1. The SMILES string of the molecule is CCCCC(=O)c1ccccc1C(=O)OC[C@@H](NC(=O)CCC(N)C(=O)O)C(=O)NCC(=O)O. The van der Waals surface area contributed by atoms with Crippen LogP contribution in [0.25, 0.3) is 0 Å². The van der Waals surface area contributed by atoms with E-state index >= 15 is 0 Å². The predicted molar refractivity (Wildman–Crippen MR) is 118 cm³/mol. The third-order valence-electron chi connectivity index (χ3n) is 4.65. The molecule has 0 aliphatic heterocycles. The van der Waals surface area contributed by atoms with Crippen LogP contribution in [0.15, 0.2) is 24.3 Å². The summed E-state index contributed by atoms with van der Waals surface area (Å²) >= 11 is 0. The second-order valence-corrected chi connectivity index (χ2v) is 7.39. The van der Waals surface area contributed by atoms with Crippen LogP contribution in [0.5, 0.6) is 0 Å². The minimum Gasteiger partial charge on any atom is -0.480 e. The van der Waals surface area contributed by atoms with Crippen molar-refractivity contribution in [2.75, 3.05) is 13.2 Å². The molecular weight excluding hydrogens is 450 g/mol. The highest BCUT2D eigenvalue weighted by atomic mass is 16.5. The highest BCUT2D eigenvalue weighted by Gasteiger charge is 2.25. The Morgan fingerprint density at radius 3 is 2.26 bits per heavy atom. The summed E-state index contributed by atoms with van der Waals surface area (Å²) < 4.78 is 5.15. The molecule has 1 aromatic carbocycles. The molecule has 1 rings (SSSR count). The Kier molecular flexibility index (Phi) is 11.9. The molecule has 2 amide bonds. The number of benzene rings is 1. The number of hydrogen-bond acceptors (Lipinski definition) is 8. The maximum Gasteiger partial charge on any atom is 0.338 e. The van der Waals surface area contributed by atoms with Crippen LogP contribution in [-0.2, 0) is 23.9 Å². The van der Waals surface area contributed by atoms with E-state index in [9.17, 15) is 28.8 Å². The van der Waals surface area contributed by atoms with Gasteiger partial charge in [-0.25, -0.2) is 4.79 Å². The topological polar surface area (TPSA) is 202 Å². The molecule has 0 saturated carbocycles. The number of nitrogens with one attached hydrogen (secondary N) is 2. The van der Waals surface area contributed by atoms with Gasteiger partial charge in [-0.2, -0.15) is 0 Å². The highest BCUT2D eigenvalue weighted by Crippen LogP contribution is 2.14.